The van der Waals surface area contributed by atoms with Crippen LogP contribution in [0.2, 0.25) is 0 Å². The normalized spacial score (nSPS) is 25.8. The molecule has 0 aromatic heterocycles. The zero-order valence-corrected chi connectivity index (χ0v) is 15.8. The summed E-state index contributed by atoms with van der Waals surface area (Å²) in [4.78, 5) is 29.7. The maximum Gasteiger partial charge on any atom is 0.292 e. The summed E-state index contributed by atoms with van der Waals surface area (Å²) >= 11 is 0. The number of carbonyl (C=O) groups is 2. The topological polar surface area (TPSA) is 46.3 Å². The van der Waals surface area contributed by atoms with E-state index in [-0.39, 0.29) is 17.9 Å². The second-order valence-electron chi connectivity index (χ2n) is 7.73. The first-order valence-electron chi connectivity index (χ1n) is 9.77. The molecular weight excluding hydrogens is 338 g/mol. The van der Waals surface area contributed by atoms with Crippen molar-refractivity contribution < 1.29 is 19.4 Å². The van der Waals surface area contributed by atoms with Crippen LogP contribution in [0.5, 0.6) is 0 Å². The molecule has 2 aliphatic heterocycles. The average Bonchev–Trinajstić information content (AvgIpc) is 2.97. The highest BCUT2D eigenvalue weighted by molar-refractivity contribution is 6.21. The number of anilines is 1. The highest BCUT2D eigenvalue weighted by Gasteiger charge is 2.46. The third kappa shape index (κ3) is 3.80. The van der Waals surface area contributed by atoms with Crippen LogP contribution in [-0.4, -0.2) is 44.0 Å². The lowest BCUT2D eigenvalue weighted by Crippen LogP contribution is -3.29. The summed E-state index contributed by atoms with van der Waals surface area (Å²) in [6.07, 6.45) is 0.329. The van der Waals surface area contributed by atoms with Gasteiger partial charge in [0.15, 0.2) is 6.04 Å². The second kappa shape index (κ2) is 7.62. The van der Waals surface area contributed by atoms with Crippen LogP contribution in [0.25, 0.3) is 0 Å². The molecule has 140 valence electrons. The molecule has 2 fully saturated rings. The molecule has 0 aliphatic carbocycles. The standard InChI is InChI=1S/C22H25N3O2/c1-17-6-5-9-19(14-17)25-21(26)15-20(22(25)27)24-12-10-23(11-13-24)16-18-7-3-2-4-8-18/h2-9,14,20H,10-13,15-16H2,1H3/p+2. The van der Waals surface area contributed by atoms with Gasteiger partial charge in [-0.15, -0.1) is 0 Å². The number of benzene rings is 2. The first-order valence-corrected chi connectivity index (χ1v) is 9.77. The van der Waals surface area contributed by atoms with E-state index in [1.54, 1.807) is 4.90 Å². The van der Waals surface area contributed by atoms with Crippen molar-refractivity contribution >= 4 is 17.5 Å². The van der Waals surface area contributed by atoms with Gasteiger partial charge in [-0.05, 0) is 24.6 Å². The maximum absolute atomic E-state index is 13.0. The Morgan fingerprint density at radius 1 is 0.963 bits per heavy atom. The van der Waals surface area contributed by atoms with E-state index in [1.807, 2.05) is 37.3 Å². The molecule has 2 aromatic carbocycles. The minimum Gasteiger partial charge on any atom is -0.322 e. The van der Waals surface area contributed by atoms with Crippen LogP contribution in [0.3, 0.4) is 0 Å². The first-order chi connectivity index (χ1) is 13.1. The number of quaternary nitrogens is 2. The number of aryl methyl sites for hydroxylation is 1. The van der Waals surface area contributed by atoms with Crippen molar-refractivity contribution in [2.75, 3.05) is 31.1 Å². The molecule has 1 atom stereocenters. The van der Waals surface area contributed by atoms with Gasteiger partial charge in [0.05, 0.1) is 12.1 Å². The molecule has 0 saturated carbocycles. The van der Waals surface area contributed by atoms with Crippen LogP contribution in [0.15, 0.2) is 54.6 Å². The van der Waals surface area contributed by atoms with Crippen molar-refractivity contribution in [3.8, 4) is 0 Å². The first kappa shape index (κ1) is 17.9. The zero-order chi connectivity index (χ0) is 18.8. The second-order valence-corrected chi connectivity index (χ2v) is 7.73. The number of hydrogen-bond acceptors (Lipinski definition) is 2. The molecule has 0 radical (unpaired) electrons. The fourth-order valence-electron chi connectivity index (χ4n) is 4.32. The molecule has 0 bridgehead atoms. The van der Waals surface area contributed by atoms with Crippen molar-refractivity contribution in [3.05, 3.63) is 65.7 Å². The molecule has 4 rings (SSSR count). The van der Waals surface area contributed by atoms with E-state index in [9.17, 15) is 9.59 Å². The van der Waals surface area contributed by atoms with Crippen LogP contribution in [0, 0.1) is 6.92 Å². The van der Waals surface area contributed by atoms with Gasteiger partial charge in [-0.25, -0.2) is 4.90 Å². The number of imide groups is 1. The largest absolute Gasteiger partial charge is 0.322 e. The van der Waals surface area contributed by atoms with E-state index in [2.05, 4.69) is 24.3 Å². The Hall–Kier alpha value is -2.50. The molecule has 2 N–H and O–H groups in total. The summed E-state index contributed by atoms with van der Waals surface area (Å²) in [6.45, 7) is 6.95. The van der Waals surface area contributed by atoms with Crippen molar-refractivity contribution in [1.82, 2.24) is 0 Å². The fraction of sp³-hybridized carbons (Fsp3) is 0.364. The van der Waals surface area contributed by atoms with Crippen LogP contribution < -0.4 is 14.7 Å². The summed E-state index contributed by atoms with van der Waals surface area (Å²) in [6, 6.07) is 18.0. The predicted molar refractivity (Wildman–Crippen MR) is 104 cm³/mol. The van der Waals surface area contributed by atoms with Gasteiger partial charge in [0.1, 0.15) is 32.7 Å². The lowest BCUT2D eigenvalue weighted by Gasteiger charge is -2.32. The Morgan fingerprint density at radius 2 is 1.70 bits per heavy atom. The number of amides is 2. The van der Waals surface area contributed by atoms with Crippen molar-refractivity contribution in [2.45, 2.75) is 25.9 Å². The quantitative estimate of drug-likeness (QED) is 0.725. The number of nitrogens with one attached hydrogen (secondary N) is 2. The summed E-state index contributed by atoms with van der Waals surface area (Å²) < 4.78 is 0. The van der Waals surface area contributed by atoms with Crippen LogP contribution in [-0.2, 0) is 16.1 Å². The predicted octanol–water partition coefficient (Wildman–Crippen LogP) is -0.389. The third-order valence-corrected chi connectivity index (χ3v) is 5.80. The van der Waals surface area contributed by atoms with E-state index in [4.69, 9.17) is 0 Å². The van der Waals surface area contributed by atoms with E-state index in [0.29, 0.717) is 12.1 Å². The lowest BCUT2D eigenvalue weighted by molar-refractivity contribution is -1.02. The smallest absolute Gasteiger partial charge is 0.292 e. The van der Waals surface area contributed by atoms with Gasteiger partial charge >= 0.3 is 0 Å². The van der Waals surface area contributed by atoms with Gasteiger partial charge in [0.2, 0.25) is 5.91 Å². The molecule has 1 unspecified atom stereocenters. The minimum atomic E-state index is -0.226. The van der Waals surface area contributed by atoms with Gasteiger partial charge in [0.25, 0.3) is 5.91 Å². The molecule has 0 spiro atoms. The molecule has 2 heterocycles. The van der Waals surface area contributed by atoms with Crippen molar-refractivity contribution in [1.29, 1.82) is 0 Å². The zero-order valence-electron chi connectivity index (χ0n) is 15.8. The maximum atomic E-state index is 13.0. The number of carbonyl (C=O) groups excluding carboxylic acids is 2. The fourth-order valence-corrected chi connectivity index (χ4v) is 4.32. The average molecular weight is 365 g/mol. The highest BCUT2D eigenvalue weighted by atomic mass is 16.2. The van der Waals surface area contributed by atoms with Gasteiger partial charge in [0, 0.05) is 5.56 Å². The molecule has 2 aliphatic rings. The van der Waals surface area contributed by atoms with E-state index < -0.39 is 0 Å². The van der Waals surface area contributed by atoms with Crippen molar-refractivity contribution in [2.24, 2.45) is 0 Å². The van der Waals surface area contributed by atoms with E-state index >= 15 is 0 Å². The number of hydrogen-bond donors (Lipinski definition) is 2. The van der Waals surface area contributed by atoms with Gasteiger partial charge < -0.3 is 9.80 Å². The molecule has 2 saturated heterocycles. The number of nitrogens with zero attached hydrogens (tertiary/aromatic N) is 1. The van der Waals surface area contributed by atoms with Gasteiger partial charge in [-0.3, -0.25) is 9.59 Å². The van der Waals surface area contributed by atoms with E-state index in [0.717, 1.165) is 38.3 Å². The third-order valence-electron chi connectivity index (χ3n) is 5.80. The van der Waals surface area contributed by atoms with Crippen LogP contribution >= 0.6 is 0 Å². The monoisotopic (exact) mass is 365 g/mol. The van der Waals surface area contributed by atoms with E-state index in [1.165, 1.54) is 15.4 Å². The Kier molecular flexibility index (Phi) is 5.05. The Balaban J connectivity index is 1.39. The van der Waals surface area contributed by atoms with Gasteiger partial charge in [-0.1, -0.05) is 42.5 Å². The van der Waals surface area contributed by atoms with Gasteiger partial charge in [-0.2, -0.15) is 0 Å². The molecular formula is C22H27N3O2+2. The van der Waals surface area contributed by atoms with Crippen molar-refractivity contribution in [3.63, 3.8) is 0 Å². The minimum absolute atomic E-state index is 0.0351. The molecule has 5 heteroatoms. The number of piperazine rings is 1. The Labute approximate surface area is 160 Å². The summed E-state index contributed by atoms with van der Waals surface area (Å²) in [7, 11) is 0. The summed E-state index contributed by atoms with van der Waals surface area (Å²) in [5, 5.41) is 0. The Bertz CT molecular complexity index is 828. The molecule has 27 heavy (non-hydrogen) atoms. The number of rotatable bonds is 4. The summed E-state index contributed by atoms with van der Waals surface area (Å²) in [5.74, 6) is -0.103. The molecule has 2 amide bonds. The lowest BCUT2D eigenvalue weighted by atomic mass is 10.1. The summed E-state index contributed by atoms with van der Waals surface area (Å²) in [5.41, 5.74) is 3.12. The molecule has 2 aromatic rings. The SMILES string of the molecule is Cc1cccc(N2C(=O)CC([NH+]3CC[NH+](Cc4ccccc4)CC3)C2=O)c1. The highest BCUT2D eigenvalue weighted by Crippen LogP contribution is 2.22. The Morgan fingerprint density at radius 3 is 2.41 bits per heavy atom. The van der Waals surface area contributed by atoms with Crippen LogP contribution in [0.4, 0.5) is 5.69 Å². The molecule has 5 nitrogen and oxygen atoms in total. The van der Waals surface area contributed by atoms with Crippen LogP contribution in [0.1, 0.15) is 17.5 Å².